The van der Waals surface area contributed by atoms with E-state index in [2.05, 4.69) is 30.7 Å². The molecule has 4 rings (SSSR count). The lowest BCUT2D eigenvalue weighted by atomic mass is 9.87. The van der Waals surface area contributed by atoms with E-state index in [0.717, 1.165) is 34.8 Å². The van der Waals surface area contributed by atoms with Gasteiger partial charge in [-0.25, -0.2) is 18.7 Å². The van der Waals surface area contributed by atoms with Gasteiger partial charge in [-0.3, -0.25) is 9.78 Å². The average molecular weight is 437 g/mol. The topological polar surface area (TPSA) is 59.0 Å². The van der Waals surface area contributed by atoms with Gasteiger partial charge in [0.1, 0.15) is 23.0 Å². The van der Waals surface area contributed by atoms with Gasteiger partial charge in [-0.2, -0.15) is 0 Å². The zero-order valence-corrected chi connectivity index (χ0v) is 18.5. The first-order valence-electron chi connectivity index (χ1n) is 10.8. The number of likely N-dealkylation sites (tertiary alicyclic amines) is 1. The maximum absolute atomic E-state index is 14.1. The fraction of sp³-hybridized carbons (Fsp3) is 0.360. The van der Waals surface area contributed by atoms with Crippen molar-refractivity contribution in [2.24, 2.45) is 0 Å². The largest absolute Gasteiger partial charge is 0.338 e. The second-order valence-electron chi connectivity index (χ2n) is 9.14. The van der Waals surface area contributed by atoms with E-state index >= 15 is 0 Å². The van der Waals surface area contributed by atoms with Gasteiger partial charge in [0, 0.05) is 48.6 Å². The van der Waals surface area contributed by atoms with Gasteiger partial charge in [0.2, 0.25) is 0 Å². The monoisotopic (exact) mass is 436 g/mol. The zero-order valence-electron chi connectivity index (χ0n) is 18.5. The lowest BCUT2D eigenvalue weighted by Crippen LogP contribution is -2.39. The second kappa shape index (κ2) is 8.73. The molecule has 1 aromatic carbocycles. The van der Waals surface area contributed by atoms with Crippen molar-refractivity contribution in [2.75, 3.05) is 13.1 Å². The van der Waals surface area contributed by atoms with E-state index in [0.29, 0.717) is 25.9 Å². The van der Waals surface area contributed by atoms with Crippen molar-refractivity contribution in [1.29, 1.82) is 0 Å². The molecule has 166 valence electrons. The van der Waals surface area contributed by atoms with Crippen LogP contribution in [0.2, 0.25) is 0 Å². The van der Waals surface area contributed by atoms with Crippen molar-refractivity contribution in [3.05, 3.63) is 77.6 Å². The van der Waals surface area contributed by atoms with Crippen LogP contribution in [0.5, 0.6) is 0 Å². The summed E-state index contributed by atoms with van der Waals surface area (Å²) in [5, 5.41) is 0. The van der Waals surface area contributed by atoms with E-state index in [4.69, 9.17) is 4.98 Å². The molecule has 5 nitrogen and oxygen atoms in total. The molecule has 0 aliphatic carbocycles. The summed E-state index contributed by atoms with van der Waals surface area (Å²) in [5.41, 5.74) is 2.19. The van der Waals surface area contributed by atoms with Gasteiger partial charge in [0.05, 0.1) is 5.69 Å². The van der Waals surface area contributed by atoms with Crippen LogP contribution in [0.1, 0.15) is 61.4 Å². The van der Waals surface area contributed by atoms with E-state index in [9.17, 15) is 13.6 Å². The maximum Gasteiger partial charge on any atom is 0.259 e. The minimum Gasteiger partial charge on any atom is -0.338 e. The molecule has 1 amide bonds. The van der Waals surface area contributed by atoms with Crippen molar-refractivity contribution in [3.63, 3.8) is 0 Å². The molecule has 1 aliphatic heterocycles. The molecular formula is C25H26F2N4O. The van der Waals surface area contributed by atoms with Gasteiger partial charge in [0.15, 0.2) is 0 Å². The SMILES string of the molecule is CC(C)(C)c1ncc(-c2ccncc2)c(C2CCN(C(=O)c3c(F)cccc3F)CC2)n1. The summed E-state index contributed by atoms with van der Waals surface area (Å²) in [6.45, 7) is 7.02. The third-order valence-electron chi connectivity index (χ3n) is 5.83. The molecule has 2 aromatic heterocycles. The molecule has 0 bridgehead atoms. The number of aromatic nitrogens is 3. The molecule has 0 saturated carbocycles. The van der Waals surface area contributed by atoms with Crippen LogP contribution in [-0.2, 0) is 5.41 Å². The Kier molecular flexibility index (Phi) is 6.00. The Hall–Kier alpha value is -3.22. The standard InChI is InChI=1S/C25H26F2N4O/c1-25(2,3)24-29-15-18(16-7-11-28-12-8-16)22(30-24)17-9-13-31(14-10-17)23(32)21-19(26)5-4-6-20(21)27/h4-8,11-12,15,17H,9-10,13-14H2,1-3H3. The Balaban J connectivity index is 1.61. The first-order valence-corrected chi connectivity index (χ1v) is 10.8. The highest BCUT2D eigenvalue weighted by Gasteiger charge is 2.31. The molecule has 32 heavy (non-hydrogen) atoms. The third-order valence-corrected chi connectivity index (χ3v) is 5.83. The zero-order chi connectivity index (χ0) is 22.9. The number of carbonyl (C=O) groups excluding carboxylic acids is 1. The Morgan fingerprint density at radius 3 is 2.25 bits per heavy atom. The van der Waals surface area contributed by atoms with Crippen molar-refractivity contribution < 1.29 is 13.6 Å². The number of nitrogens with zero attached hydrogens (tertiary/aromatic N) is 4. The fourth-order valence-electron chi connectivity index (χ4n) is 4.04. The molecule has 1 saturated heterocycles. The molecular weight excluding hydrogens is 410 g/mol. The average Bonchev–Trinajstić information content (AvgIpc) is 2.78. The number of pyridine rings is 1. The van der Waals surface area contributed by atoms with Crippen molar-refractivity contribution in [1.82, 2.24) is 19.9 Å². The van der Waals surface area contributed by atoms with Gasteiger partial charge < -0.3 is 4.90 Å². The van der Waals surface area contributed by atoms with Crippen LogP contribution in [0.3, 0.4) is 0 Å². The minimum atomic E-state index is -0.831. The predicted octanol–water partition coefficient (Wildman–Crippen LogP) is 5.13. The highest BCUT2D eigenvalue weighted by atomic mass is 19.1. The molecule has 0 radical (unpaired) electrons. The van der Waals surface area contributed by atoms with Crippen LogP contribution in [0, 0.1) is 11.6 Å². The lowest BCUT2D eigenvalue weighted by Gasteiger charge is -2.33. The number of amides is 1. The van der Waals surface area contributed by atoms with Crippen LogP contribution in [0.4, 0.5) is 8.78 Å². The van der Waals surface area contributed by atoms with E-state index < -0.39 is 23.1 Å². The highest BCUT2D eigenvalue weighted by molar-refractivity contribution is 5.94. The van der Waals surface area contributed by atoms with Gasteiger partial charge in [-0.05, 0) is 42.7 Å². The lowest BCUT2D eigenvalue weighted by molar-refractivity contribution is 0.0702. The summed E-state index contributed by atoms with van der Waals surface area (Å²) in [7, 11) is 0. The van der Waals surface area contributed by atoms with Crippen molar-refractivity contribution >= 4 is 5.91 Å². The molecule has 1 fully saturated rings. The summed E-state index contributed by atoms with van der Waals surface area (Å²) < 4.78 is 28.2. The molecule has 3 aromatic rings. The first kappa shape index (κ1) is 22.0. The molecule has 0 atom stereocenters. The van der Waals surface area contributed by atoms with E-state index in [-0.39, 0.29) is 11.3 Å². The van der Waals surface area contributed by atoms with Crippen LogP contribution >= 0.6 is 0 Å². The van der Waals surface area contributed by atoms with Crippen LogP contribution in [-0.4, -0.2) is 38.8 Å². The highest BCUT2D eigenvalue weighted by Crippen LogP contribution is 2.35. The molecule has 3 heterocycles. The Labute approximate surface area is 186 Å². The number of benzene rings is 1. The van der Waals surface area contributed by atoms with Gasteiger partial charge in [0.25, 0.3) is 5.91 Å². The molecule has 1 aliphatic rings. The fourth-order valence-corrected chi connectivity index (χ4v) is 4.04. The molecule has 0 spiro atoms. The van der Waals surface area contributed by atoms with Crippen LogP contribution in [0.15, 0.2) is 48.9 Å². The summed E-state index contributed by atoms with van der Waals surface area (Å²) in [4.78, 5) is 27.9. The van der Waals surface area contributed by atoms with E-state index in [1.54, 1.807) is 12.4 Å². The summed E-state index contributed by atoms with van der Waals surface area (Å²) in [5.74, 6) is -1.40. The predicted molar refractivity (Wildman–Crippen MR) is 118 cm³/mol. The van der Waals surface area contributed by atoms with Gasteiger partial charge in [-0.15, -0.1) is 0 Å². The summed E-state index contributed by atoms with van der Waals surface area (Å²) >= 11 is 0. The van der Waals surface area contributed by atoms with Crippen LogP contribution < -0.4 is 0 Å². The minimum absolute atomic E-state index is 0.108. The summed E-state index contributed by atoms with van der Waals surface area (Å²) in [6, 6.07) is 7.34. The van der Waals surface area contributed by atoms with E-state index in [1.807, 2.05) is 18.3 Å². The molecule has 0 unspecified atom stereocenters. The Morgan fingerprint density at radius 1 is 1.03 bits per heavy atom. The number of hydrogen-bond donors (Lipinski definition) is 0. The van der Waals surface area contributed by atoms with Crippen LogP contribution in [0.25, 0.3) is 11.1 Å². The second-order valence-corrected chi connectivity index (χ2v) is 9.14. The number of piperidine rings is 1. The Morgan fingerprint density at radius 2 is 1.66 bits per heavy atom. The molecule has 0 N–H and O–H groups in total. The first-order chi connectivity index (χ1) is 15.3. The maximum atomic E-state index is 14.1. The Bertz CT molecular complexity index is 1100. The normalized spacial score (nSPS) is 15.1. The number of rotatable bonds is 3. The smallest absolute Gasteiger partial charge is 0.259 e. The summed E-state index contributed by atoms with van der Waals surface area (Å²) in [6.07, 6.45) is 6.65. The van der Waals surface area contributed by atoms with Crippen molar-refractivity contribution in [3.8, 4) is 11.1 Å². The third kappa shape index (κ3) is 4.38. The van der Waals surface area contributed by atoms with E-state index in [1.165, 1.54) is 11.0 Å². The number of halogens is 2. The van der Waals surface area contributed by atoms with Gasteiger partial charge in [-0.1, -0.05) is 26.8 Å². The van der Waals surface area contributed by atoms with Crippen molar-refractivity contribution in [2.45, 2.75) is 44.9 Å². The number of carbonyl (C=O) groups is 1. The molecule has 7 heteroatoms. The quantitative estimate of drug-likeness (QED) is 0.571. The van der Waals surface area contributed by atoms with Gasteiger partial charge >= 0.3 is 0 Å². The number of hydrogen-bond acceptors (Lipinski definition) is 4.